The molecule has 1 N–H and O–H groups in total. The van der Waals surface area contributed by atoms with Crippen LogP contribution in [0.2, 0.25) is 0 Å². The van der Waals surface area contributed by atoms with Crippen LogP contribution < -0.4 is 5.32 Å². The highest BCUT2D eigenvalue weighted by atomic mass is 35.5. The van der Waals surface area contributed by atoms with E-state index in [2.05, 4.69) is 33.4 Å². The van der Waals surface area contributed by atoms with E-state index in [1.165, 1.54) is 16.7 Å². The minimum absolute atomic E-state index is 0. The van der Waals surface area contributed by atoms with E-state index in [0.717, 1.165) is 51.4 Å². The van der Waals surface area contributed by atoms with Crippen LogP contribution in [0.1, 0.15) is 27.0 Å². The average molecular weight is 359 g/mol. The first-order chi connectivity index (χ1) is 11.8. The predicted molar refractivity (Wildman–Crippen MR) is 99.7 cm³/mol. The molecule has 0 atom stereocenters. The van der Waals surface area contributed by atoms with Gasteiger partial charge in [-0.05, 0) is 34.9 Å². The van der Waals surface area contributed by atoms with Crippen molar-refractivity contribution < 1.29 is 4.79 Å². The number of nitrogens with zero attached hydrogens (tertiary/aromatic N) is 3. The third-order valence-electron chi connectivity index (χ3n) is 4.87. The zero-order valence-electron chi connectivity index (χ0n) is 14.1. The Bertz CT molecular complexity index is 729. The van der Waals surface area contributed by atoms with Gasteiger partial charge in [0.2, 0.25) is 0 Å². The van der Waals surface area contributed by atoms with E-state index in [4.69, 9.17) is 0 Å². The fourth-order valence-electron chi connectivity index (χ4n) is 3.47. The van der Waals surface area contributed by atoms with Gasteiger partial charge in [-0.2, -0.15) is 0 Å². The second-order valence-corrected chi connectivity index (χ2v) is 6.52. The molecule has 0 radical (unpaired) electrons. The average Bonchev–Trinajstić information content (AvgIpc) is 3.10. The lowest BCUT2D eigenvalue weighted by Gasteiger charge is -2.34. The predicted octanol–water partition coefficient (Wildman–Crippen LogP) is 2.06. The molecule has 3 heterocycles. The number of pyridine rings is 1. The Kier molecular flexibility index (Phi) is 5.68. The molecule has 6 heteroatoms. The van der Waals surface area contributed by atoms with Gasteiger partial charge in [0, 0.05) is 63.8 Å². The van der Waals surface area contributed by atoms with E-state index in [-0.39, 0.29) is 18.3 Å². The molecule has 1 saturated heterocycles. The lowest BCUT2D eigenvalue weighted by molar-refractivity contribution is 0.0628. The number of hydrogen-bond donors (Lipinski definition) is 1. The van der Waals surface area contributed by atoms with Crippen molar-refractivity contribution in [1.29, 1.82) is 0 Å². The van der Waals surface area contributed by atoms with Crippen molar-refractivity contribution in [3.8, 4) is 0 Å². The van der Waals surface area contributed by atoms with Crippen molar-refractivity contribution in [2.45, 2.75) is 19.6 Å². The minimum Gasteiger partial charge on any atom is -0.336 e. The smallest absolute Gasteiger partial charge is 0.253 e. The van der Waals surface area contributed by atoms with Crippen LogP contribution in [0, 0.1) is 0 Å². The molecule has 132 valence electrons. The fourth-order valence-corrected chi connectivity index (χ4v) is 3.47. The summed E-state index contributed by atoms with van der Waals surface area (Å²) in [6, 6.07) is 10.2. The number of hydrogen-bond acceptors (Lipinski definition) is 4. The first-order valence-corrected chi connectivity index (χ1v) is 8.53. The molecule has 1 aromatic heterocycles. The number of halogens is 1. The molecule has 0 saturated carbocycles. The van der Waals surface area contributed by atoms with Gasteiger partial charge in [0.25, 0.3) is 5.91 Å². The van der Waals surface area contributed by atoms with Crippen molar-refractivity contribution in [1.82, 2.24) is 20.1 Å². The number of nitrogens with one attached hydrogen (secondary N) is 1. The molecule has 1 aromatic carbocycles. The third-order valence-corrected chi connectivity index (χ3v) is 4.87. The van der Waals surface area contributed by atoms with Crippen LogP contribution in [-0.4, -0.2) is 46.9 Å². The number of carbonyl (C=O) groups is 1. The van der Waals surface area contributed by atoms with E-state index in [1.807, 2.05) is 23.2 Å². The molecule has 2 aliphatic heterocycles. The Labute approximate surface area is 154 Å². The topological polar surface area (TPSA) is 48.5 Å². The first kappa shape index (κ1) is 17.9. The van der Waals surface area contributed by atoms with Gasteiger partial charge in [-0.15, -0.1) is 12.4 Å². The van der Waals surface area contributed by atoms with E-state index >= 15 is 0 Å². The molecule has 4 rings (SSSR count). The maximum atomic E-state index is 12.7. The highest BCUT2D eigenvalue weighted by molar-refractivity contribution is 5.94. The van der Waals surface area contributed by atoms with Crippen molar-refractivity contribution in [3.05, 3.63) is 65.0 Å². The second kappa shape index (κ2) is 7.95. The molecular weight excluding hydrogens is 336 g/mol. The lowest BCUT2D eigenvalue weighted by Crippen LogP contribution is -2.48. The number of benzene rings is 1. The summed E-state index contributed by atoms with van der Waals surface area (Å²) in [6.07, 6.45) is 3.71. The van der Waals surface area contributed by atoms with Gasteiger partial charge in [-0.25, -0.2) is 0 Å². The number of amides is 1. The molecule has 2 aliphatic rings. The summed E-state index contributed by atoms with van der Waals surface area (Å²) in [5, 5.41) is 3.33. The maximum Gasteiger partial charge on any atom is 0.253 e. The Morgan fingerprint density at radius 1 is 1.08 bits per heavy atom. The van der Waals surface area contributed by atoms with Gasteiger partial charge in [-0.1, -0.05) is 12.1 Å². The molecule has 0 aliphatic carbocycles. The van der Waals surface area contributed by atoms with E-state index in [9.17, 15) is 4.79 Å². The number of piperazine rings is 1. The largest absolute Gasteiger partial charge is 0.336 e. The van der Waals surface area contributed by atoms with Crippen LogP contribution in [0.4, 0.5) is 0 Å². The van der Waals surface area contributed by atoms with Crippen LogP contribution >= 0.6 is 12.4 Å². The Morgan fingerprint density at radius 2 is 1.88 bits per heavy atom. The highest BCUT2D eigenvalue weighted by Crippen LogP contribution is 2.19. The van der Waals surface area contributed by atoms with Crippen LogP contribution in [0.25, 0.3) is 0 Å². The molecule has 25 heavy (non-hydrogen) atoms. The fraction of sp³-hybridized carbons (Fsp3) is 0.368. The summed E-state index contributed by atoms with van der Waals surface area (Å²) in [5.74, 6) is 0.158. The normalized spacial score (nSPS) is 17.0. The lowest BCUT2D eigenvalue weighted by atomic mass is 10.1. The van der Waals surface area contributed by atoms with Crippen molar-refractivity contribution in [2.24, 2.45) is 0 Å². The summed E-state index contributed by atoms with van der Waals surface area (Å²) in [5.41, 5.74) is 4.62. The van der Waals surface area contributed by atoms with Gasteiger partial charge >= 0.3 is 0 Å². The highest BCUT2D eigenvalue weighted by Gasteiger charge is 2.23. The molecule has 1 fully saturated rings. The first-order valence-electron chi connectivity index (χ1n) is 8.53. The van der Waals surface area contributed by atoms with E-state index in [1.54, 1.807) is 6.20 Å². The second-order valence-electron chi connectivity index (χ2n) is 6.52. The van der Waals surface area contributed by atoms with Crippen LogP contribution in [0.15, 0.2) is 42.7 Å². The number of carbonyl (C=O) groups excluding carboxylic acids is 1. The Morgan fingerprint density at radius 3 is 2.64 bits per heavy atom. The standard InChI is InChI=1S/C19H22N4O.ClH/c24-19(16-3-4-17-12-21-13-18(17)10-16)23-8-6-22(7-9-23)14-15-2-1-5-20-11-15;/h1-5,10-11,21H,6-9,12-14H2;1H. The van der Waals surface area contributed by atoms with Crippen LogP contribution in [-0.2, 0) is 19.6 Å². The van der Waals surface area contributed by atoms with Crippen molar-refractivity contribution in [2.75, 3.05) is 26.2 Å². The summed E-state index contributed by atoms with van der Waals surface area (Å²) < 4.78 is 0. The van der Waals surface area contributed by atoms with Gasteiger partial charge in [0.05, 0.1) is 0 Å². The zero-order valence-corrected chi connectivity index (χ0v) is 15.0. The van der Waals surface area contributed by atoms with Crippen LogP contribution in [0.5, 0.6) is 0 Å². The van der Waals surface area contributed by atoms with Gasteiger partial charge in [0.15, 0.2) is 0 Å². The summed E-state index contributed by atoms with van der Waals surface area (Å²) in [4.78, 5) is 21.3. The monoisotopic (exact) mass is 358 g/mol. The number of fused-ring (bicyclic) bond motifs is 1. The molecular formula is C19H23ClN4O. The SMILES string of the molecule is Cl.O=C(c1ccc2c(c1)CNC2)N1CCN(Cc2cccnc2)CC1. The molecule has 0 unspecified atom stereocenters. The zero-order chi connectivity index (χ0) is 16.4. The summed E-state index contributed by atoms with van der Waals surface area (Å²) in [7, 11) is 0. The van der Waals surface area contributed by atoms with Gasteiger partial charge in [-0.3, -0.25) is 14.7 Å². The van der Waals surface area contributed by atoms with Crippen LogP contribution in [0.3, 0.4) is 0 Å². The summed E-state index contributed by atoms with van der Waals surface area (Å²) >= 11 is 0. The Hall–Kier alpha value is -1.95. The third kappa shape index (κ3) is 4.00. The molecule has 1 amide bonds. The molecule has 0 bridgehead atoms. The minimum atomic E-state index is 0. The van der Waals surface area contributed by atoms with Crippen molar-refractivity contribution >= 4 is 18.3 Å². The van der Waals surface area contributed by atoms with Gasteiger partial charge < -0.3 is 10.2 Å². The summed E-state index contributed by atoms with van der Waals surface area (Å²) in [6.45, 7) is 6.08. The number of aromatic nitrogens is 1. The molecule has 0 spiro atoms. The quantitative estimate of drug-likeness (QED) is 0.912. The van der Waals surface area contributed by atoms with Gasteiger partial charge in [0.1, 0.15) is 0 Å². The van der Waals surface area contributed by atoms with Crippen molar-refractivity contribution in [3.63, 3.8) is 0 Å². The molecule has 2 aromatic rings. The maximum absolute atomic E-state index is 12.7. The van der Waals surface area contributed by atoms with E-state index < -0.39 is 0 Å². The molecule has 5 nitrogen and oxygen atoms in total. The van der Waals surface area contributed by atoms with E-state index in [0.29, 0.717) is 0 Å². The number of rotatable bonds is 3. The Balaban J connectivity index is 0.00000182.